The van der Waals surface area contributed by atoms with E-state index in [2.05, 4.69) is 12.2 Å². The van der Waals surface area contributed by atoms with Crippen molar-refractivity contribution in [2.45, 2.75) is 44.4 Å². The lowest BCUT2D eigenvalue weighted by atomic mass is 9.90. The topological polar surface area (TPSA) is 61.8 Å². The number of hydrogen-bond acceptors (Lipinski definition) is 4. The van der Waals surface area contributed by atoms with Crippen molar-refractivity contribution < 1.29 is 14.6 Å². The molecule has 1 amide bonds. The predicted molar refractivity (Wildman–Crippen MR) is 99.8 cm³/mol. The number of carbonyl (C=O) groups excluding carboxylic acids is 1. The van der Waals surface area contributed by atoms with Crippen molar-refractivity contribution >= 4 is 18.3 Å². The Morgan fingerprint density at radius 2 is 2.16 bits per heavy atom. The number of aliphatic hydroxyl groups is 1. The smallest absolute Gasteiger partial charge is 0.226 e. The lowest BCUT2D eigenvalue weighted by molar-refractivity contribution is -0.146. The summed E-state index contributed by atoms with van der Waals surface area (Å²) >= 11 is 0. The molecule has 3 rings (SSSR count). The van der Waals surface area contributed by atoms with Crippen LogP contribution in [0.25, 0.3) is 0 Å². The fourth-order valence-electron chi connectivity index (χ4n) is 3.80. The second-order valence-electron chi connectivity index (χ2n) is 7.00. The first-order valence-electron chi connectivity index (χ1n) is 8.99. The summed E-state index contributed by atoms with van der Waals surface area (Å²) in [6.07, 6.45) is 1.75. The van der Waals surface area contributed by atoms with Crippen LogP contribution >= 0.6 is 12.4 Å². The van der Waals surface area contributed by atoms with E-state index in [4.69, 9.17) is 4.74 Å². The van der Waals surface area contributed by atoms with Crippen LogP contribution in [0.3, 0.4) is 0 Å². The molecule has 2 fully saturated rings. The number of piperidine rings is 1. The van der Waals surface area contributed by atoms with Crippen molar-refractivity contribution in [2.24, 2.45) is 5.92 Å². The Balaban J connectivity index is 0.00000225. The van der Waals surface area contributed by atoms with Gasteiger partial charge in [-0.05, 0) is 31.9 Å². The van der Waals surface area contributed by atoms with Gasteiger partial charge in [-0.3, -0.25) is 4.79 Å². The minimum absolute atomic E-state index is 0. The molecular formula is C19H29ClN2O3. The number of rotatable bonds is 4. The number of hydrogen-bond donors (Lipinski definition) is 2. The Morgan fingerprint density at radius 1 is 1.40 bits per heavy atom. The normalized spacial score (nSPS) is 28.1. The molecule has 0 bridgehead atoms. The quantitative estimate of drug-likeness (QED) is 0.854. The number of aliphatic hydroxyl groups excluding tert-OH is 1. The molecular weight excluding hydrogens is 340 g/mol. The maximum atomic E-state index is 13.0. The van der Waals surface area contributed by atoms with E-state index < -0.39 is 6.10 Å². The molecule has 2 heterocycles. The molecule has 0 aliphatic carbocycles. The molecule has 2 unspecified atom stereocenters. The molecule has 1 aromatic carbocycles. The number of halogens is 1. The first-order chi connectivity index (χ1) is 11.6. The fraction of sp³-hybridized carbons (Fsp3) is 0.632. The Morgan fingerprint density at radius 3 is 2.88 bits per heavy atom. The van der Waals surface area contributed by atoms with Crippen LogP contribution < -0.4 is 5.32 Å². The maximum Gasteiger partial charge on any atom is 0.226 e. The molecule has 2 saturated heterocycles. The Hall–Kier alpha value is -1.14. The molecule has 2 aliphatic heterocycles. The lowest BCUT2D eigenvalue weighted by Gasteiger charge is -2.40. The third kappa shape index (κ3) is 5.17. The molecule has 2 aliphatic rings. The Bertz CT molecular complexity index is 543. The van der Waals surface area contributed by atoms with Gasteiger partial charge >= 0.3 is 0 Å². The van der Waals surface area contributed by atoms with E-state index in [0.29, 0.717) is 32.2 Å². The number of amides is 1. The molecule has 0 aromatic heterocycles. The van der Waals surface area contributed by atoms with Crippen molar-refractivity contribution in [1.29, 1.82) is 0 Å². The summed E-state index contributed by atoms with van der Waals surface area (Å²) < 4.78 is 5.59. The average molecular weight is 369 g/mol. The van der Waals surface area contributed by atoms with E-state index in [1.807, 2.05) is 35.2 Å². The summed E-state index contributed by atoms with van der Waals surface area (Å²) in [5.41, 5.74) is 0.894. The highest BCUT2D eigenvalue weighted by Crippen LogP contribution is 2.26. The van der Waals surface area contributed by atoms with Gasteiger partial charge in [0.05, 0.1) is 25.4 Å². The minimum atomic E-state index is -0.569. The van der Waals surface area contributed by atoms with Gasteiger partial charge in [-0.25, -0.2) is 0 Å². The van der Waals surface area contributed by atoms with E-state index in [-0.39, 0.29) is 30.3 Å². The maximum absolute atomic E-state index is 13.0. The van der Waals surface area contributed by atoms with Gasteiger partial charge in [0.15, 0.2) is 0 Å². The van der Waals surface area contributed by atoms with Gasteiger partial charge in [0.2, 0.25) is 5.91 Å². The molecule has 140 valence electrons. The number of ether oxygens (including phenoxy) is 1. The summed E-state index contributed by atoms with van der Waals surface area (Å²) in [4.78, 5) is 14.9. The van der Waals surface area contributed by atoms with Crippen LogP contribution in [0.2, 0.25) is 0 Å². The molecule has 25 heavy (non-hydrogen) atoms. The third-order valence-corrected chi connectivity index (χ3v) is 5.16. The number of nitrogens with zero attached hydrogens (tertiary/aromatic N) is 1. The van der Waals surface area contributed by atoms with Crippen LogP contribution in [-0.4, -0.2) is 54.3 Å². The van der Waals surface area contributed by atoms with Crippen LogP contribution in [0.5, 0.6) is 0 Å². The number of morpholine rings is 1. The lowest BCUT2D eigenvalue weighted by Crippen LogP contribution is -2.53. The van der Waals surface area contributed by atoms with Gasteiger partial charge in [-0.2, -0.15) is 0 Å². The van der Waals surface area contributed by atoms with Crippen molar-refractivity contribution in [3.8, 4) is 0 Å². The second-order valence-corrected chi connectivity index (χ2v) is 7.00. The van der Waals surface area contributed by atoms with Gasteiger partial charge in [-0.1, -0.05) is 30.3 Å². The number of carbonyl (C=O) groups is 1. The molecule has 2 N–H and O–H groups in total. The van der Waals surface area contributed by atoms with Crippen LogP contribution in [0.4, 0.5) is 0 Å². The first kappa shape index (κ1) is 20.2. The highest BCUT2D eigenvalue weighted by Gasteiger charge is 2.34. The van der Waals surface area contributed by atoms with Gasteiger partial charge in [0.1, 0.15) is 0 Å². The van der Waals surface area contributed by atoms with E-state index in [0.717, 1.165) is 24.9 Å². The highest BCUT2D eigenvalue weighted by molar-refractivity contribution is 5.85. The zero-order valence-corrected chi connectivity index (χ0v) is 15.6. The summed E-state index contributed by atoms with van der Waals surface area (Å²) in [6, 6.07) is 9.98. The molecule has 0 spiro atoms. The van der Waals surface area contributed by atoms with E-state index >= 15 is 0 Å². The molecule has 5 nitrogen and oxygen atoms in total. The first-order valence-corrected chi connectivity index (χ1v) is 8.99. The van der Waals surface area contributed by atoms with Gasteiger partial charge < -0.3 is 20.1 Å². The van der Waals surface area contributed by atoms with Crippen molar-refractivity contribution in [1.82, 2.24) is 10.2 Å². The summed E-state index contributed by atoms with van der Waals surface area (Å²) in [5, 5.41) is 13.9. The van der Waals surface area contributed by atoms with Gasteiger partial charge in [-0.15, -0.1) is 12.4 Å². The zero-order chi connectivity index (χ0) is 16.9. The largest absolute Gasteiger partial charge is 0.388 e. The third-order valence-electron chi connectivity index (χ3n) is 5.16. The van der Waals surface area contributed by atoms with Crippen molar-refractivity contribution in [3.05, 3.63) is 35.9 Å². The number of nitrogens with one attached hydrogen (secondary N) is 1. The van der Waals surface area contributed by atoms with Gasteiger partial charge in [0, 0.05) is 24.9 Å². The van der Waals surface area contributed by atoms with Crippen LogP contribution in [-0.2, 0) is 9.53 Å². The van der Waals surface area contributed by atoms with Crippen LogP contribution in [0, 0.1) is 5.92 Å². The highest BCUT2D eigenvalue weighted by atomic mass is 35.5. The van der Waals surface area contributed by atoms with Crippen molar-refractivity contribution in [3.63, 3.8) is 0 Å². The standard InChI is InChI=1S/C19H28N2O3.ClH/c1-14-11-16(7-8-20-14)19(23)21-9-10-24-13-17(21)12-18(22)15-5-3-2-4-6-15;/h2-6,14,16-18,20,22H,7-13H2,1H3;1H/t14-,16-,17?,18?;/m0./s1. The second kappa shape index (κ2) is 9.53. The summed E-state index contributed by atoms with van der Waals surface area (Å²) in [7, 11) is 0. The average Bonchev–Trinajstić information content (AvgIpc) is 2.62. The van der Waals surface area contributed by atoms with Crippen LogP contribution in [0.1, 0.15) is 37.9 Å². The molecule has 1 aromatic rings. The van der Waals surface area contributed by atoms with E-state index in [1.165, 1.54) is 0 Å². The van der Waals surface area contributed by atoms with E-state index in [9.17, 15) is 9.90 Å². The van der Waals surface area contributed by atoms with Crippen molar-refractivity contribution in [2.75, 3.05) is 26.3 Å². The van der Waals surface area contributed by atoms with Crippen LogP contribution in [0.15, 0.2) is 30.3 Å². The SMILES string of the molecule is C[C@H]1C[C@@H](C(=O)N2CCOCC2CC(O)c2ccccc2)CCN1.Cl. The van der Waals surface area contributed by atoms with E-state index in [1.54, 1.807) is 0 Å². The Kier molecular flexibility index (Phi) is 7.69. The fourth-order valence-corrected chi connectivity index (χ4v) is 3.80. The molecule has 0 radical (unpaired) electrons. The van der Waals surface area contributed by atoms with Gasteiger partial charge in [0.25, 0.3) is 0 Å². The predicted octanol–water partition coefficient (Wildman–Crippen LogP) is 2.15. The monoisotopic (exact) mass is 368 g/mol. The molecule has 0 saturated carbocycles. The minimum Gasteiger partial charge on any atom is -0.388 e. The summed E-state index contributed by atoms with van der Waals surface area (Å²) in [5.74, 6) is 0.327. The number of benzene rings is 1. The summed E-state index contributed by atoms with van der Waals surface area (Å²) in [6.45, 7) is 4.76. The zero-order valence-electron chi connectivity index (χ0n) is 14.8. The molecule has 4 atom stereocenters. The molecule has 6 heteroatoms. The Labute approximate surface area is 156 Å².